The lowest BCUT2D eigenvalue weighted by Gasteiger charge is -2.28. The topological polar surface area (TPSA) is 151 Å². The highest BCUT2D eigenvalue weighted by molar-refractivity contribution is 8.13. The fraction of sp³-hybridized carbons (Fsp3) is 0.350. The van der Waals surface area contributed by atoms with Gasteiger partial charge in [-0.15, -0.1) is 0 Å². The predicted octanol–water partition coefficient (Wildman–Crippen LogP) is 3.62. The second-order valence-corrected chi connectivity index (χ2v) is 8.47. The van der Waals surface area contributed by atoms with E-state index in [9.17, 15) is 39.9 Å². The number of anilines is 2. The van der Waals surface area contributed by atoms with Crippen molar-refractivity contribution in [1.82, 2.24) is 9.99 Å². The van der Waals surface area contributed by atoms with E-state index in [1.165, 1.54) is 25.3 Å². The second kappa shape index (κ2) is 12.6. The minimum Gasteiger partial charge on any atom is -0.396 e. The van der Waals surface area contributed by atoms with Gasteiger partial charge in [0.1, 0.15) is 0 Å². The molecule has 0 aliphatic heterocycles. The number of rotatable bonds is 10. The lowest BCUT2D eigenvalue weighted by atomic mass is 10.0. The van der Waals surface area contributed by atoms with Crippen molar-refractivity contribution in [3.8, 4) is 0 Å². The zero-order valence-corrected chi connectivity index (χ0v) is 20.5. The van der Waals surface area contributed by atoms with Crippen LogP contribution in [0.3, 0.4) is 0 Å². The van der Waals surface area contributed by atoms with Crippen LogP contribution in [-0.2, 0) is 10.8 Å². The predicted molar refractivity (Wildman–Crippen MR) is 124 cm³/mol. The number of nitrogens with two attached hydrogens (primary N) is 2. The lowest BCUT2D eigenvalue weighted by molar-refractivity contribution is -0.359. The number of benzene rings is 1. The number of alkyl halides is 7. The Balaban J connectivity index is 2.40. The van der Waals surface area contributed by atoms with Gasteiger partial charge in [-0.3, -0.25) is 20.1 Å². The smallest absolute Gasteiger partial charge is 0.396 e. The van der Waals surface area contributed by atoms with Crippen LogP contribution in [0.25, 0.3) is 0 Å². The molecule has 10 nitrogen and oxygen atoms in total. The average Bonchev–Trinajstić information content (AvgIpc) is 2.86. The molecule has 39 heavy (non-hydrogen) atoms. The number of hydrogen-bond donors (Lipinski definition) is 5. The Morgan fingerprint density at radius 3 is 2.41 bits per heavy atom. The van der Waals surface area contributed by atoms with Gasteiger partial charge in [-0.25, -0.2) is 15.2 Å². The molecule has 0 radical (unpaired) electrons. The molecule has 19 heteroatoms. The number of aliphatic hydroxyl groups is 1. The lowest BCUT2D eigenvalue weighted by Crippen LogP contribution is -2.50. The summed E-state index contributed by atoms with van der Waals surface area (Å²) in [5.41, 5.74) is 0.344. The third kappa shape index (κ3) is 7.16. The van der Waals surface area contributed by atoms with Crippen molar-refractivity contribution in [2.24, 2.45) is 16.8 Å². The largest absolute Gasteiger partial charge is 0.460 e. The Kier molecular flexibility index (Phi) is 10.3. The third-order valence-corrected chi connectivity index (χ3v) is 5.84. The zero-order chi connectivity index (χ0) is 29.6. The molecule has 7 N–H and O–H groups in total. The van der Waals surface area contributed by atoms with E-state index in [4.69, 9.17) is 21.6 Å². The number of nitrogens with one attached hydrogen (secondary N) is 2. The first-order valence-corrected chi connectivity index (χ1v) is 11.2. The van der Waals surface area contributed by atoms with Gasteiger partial charge in [-0.05, 0) is 42.4 Å². The zero-order valence-electron chi connectivity index (χ0n) is 19.7. The highest BCUT2D eigenvalue weighted by Gasteiger charge is 2.73. The first-order chi connectivity index (χ1) is 18.1. The molecular weight excluding hydrogens is 570 g/mol. The number of hydrogen-bond acceptors (Lipinski definition) is 9. The minimum absolute atomic E-state index is 0.0218. The van der Waals surface area contributed by atoms with Gasteiger partial charge in [-0.1, -0.05) is 0 Å². The molecule has 0 aliphatic carbocycles. The van der Waals surface area contributed by atoms with Gasteiger partial charge < -0.3 is 16.3 Å². The number of carbonyl (C=O) groups excluding carboxylic acids is 1. The highest BCUT2D eigenvalue weighted by atomic mass is 32.2. The van der Waals surface area contributed by atoms with Gasteiger partial charge in [0.05, 0.1) is 18.4 Å². The molecule has 0 unspecified atom stereocenters. The fourth-order valence-corrected chi connectivity index (χ4v) is 3.66. The van der Waals surface area contributed by atoms with Crippen molar-refractivity contribution >= 4 is 34.3 Å². The van der Waals surface area contributed by atoms with Crippen LogP contribution < -0.4 is 22.5 Å². The Labute approximate surface area is 219 Å². The van der Waals surface area contributed by atoms with Crippen molar-refractivity contribution in [2.45, 2.75) is 29.3 Å². The van der Waals surface area contributed by atoms with Gasteiger partial charge in [0.15, 0.2) is 11.6 Å². The summed E-state index contributed by atoms with van der Waals surface area (Å²) in [5, 5.41) is 15.4. The van der Waals surface area contributed by atoms with Crippen LogP contribution in [0, 0.1) is 5.82 Å². The Bertz CT molecular complexity index is 1200. The van der Waals surface area contributed by atoms with Crippen LogP contribution in [0.2, 0.25) is 0 Å². The fourth-order valence-electron chi connectivity index (χ4n) is 2.81. The molecule has 1 aromatic carbocycles. The molecule has 1 aromatic heterocycles. The second-order valence-electron chi connectivity index (χ2n) is 7.46. The van der Waals surface area contributed by atoms with Crippen molar-refractivity contribution < 1.29 is 49.9 Å². The van der Waals surface area contributed by atoms with Crippen LogP contribution in [0.5, 0.6) is 0 Å². The summed E-state index contributed by atoms with van der Waals surface area (Å²) in [6.45, 7) is -0.0811. The Hall–Kier alpha value is -3.42. The van der Waals surface area contributed by atoms with Crippen molar-refractivity contribution in [3.63, 3.8) is 0 Å². The average molecular weight is 591 g/mol. The molecule has 0 atom stereocenters. The van der Waals surface area contributed by atoms with E-state index in [1.807, 2.05) is 5.32 Å². The van der Waals surface area contributed by atoms with E-state index in [2.05, 4.69) is 15.6 Å². The number of hydrazone groups is 1. The molecule has 0 aliphatic rings. The first kappa shape index (κ1) is 31.8. The molecule has 2 rings (SSSR count). The van der Waals surface area contributed by atoms with Crippen LogP contribution in [0.15, 0.2) is 40.5 Å². The number of amides is 1. The van der Waals surface area contributed by atoms with Gasteiger partial charge in [0.2, 0.25) is 5.17 Å². The SMILES string of the molecule is CONc1ccc(S/C(=N/N)N(N)CCCO)c(C(=O)Nc2ncc(C(F)(F)C(F)(F)C(F)(F)F)cc2F)c1. The molecule has 2 aromatic rings. The molecule has 0 saturated carbocycles. The number of thioether (sulfide) groups is 1. The highest BCUT2D eigenvalue weighted by Crippen LogP contribution is 2.51. The normalized spacial score (nSPS) is 12.8. The van der Waals surface area contributed by atoms with E-state index < -0.39 is 41.1 Å². The summed E-state index contributed by atoms with van der Waals surface area (Å²) in [7, 11) is 1.26. The van der Waals surface area contributed by atoms with E-state index in [0.717, 1.165) is 16.8 Å². The Morgan fingerprint density at radius 1 is 1.21 bits per heavy atom. The van der Waals surface area contributed by atoms with Crippen molar-refractivity contribution in [3.05, 3.63) is 47.4 Å². The number of aromatic nitrogens is 1. The maximum absolute atomic E-state index is 14.5. The maximum atomic E-state index is 14.5. The molecule has 1 amide bonds. The molecule has 0 spiro atoms. The van der Waals surface area contributed by atoms with Crippen LogP contribution in [0.4, 0.5) is 46.6 Å². The van der Waals surface area contributed by atoms with Crippen molar-refractivity contribution in [2.75, 3.05) is 31.1 Å². The van der Waals surface area contributed by atoms with Gasteiger partial charge in [0.25, 0.3) is 5.91 Å². The van der Waals surface area contributed by atoms with E-state index in [0.29, 0.717) is 0 Å². The number of aliphatic hydroxyl groups excluding tert-OH is 1. The number of amidine groups is 1. The molecule has 0 fully saturated rings. The molecule has 0 saturated heterocycles. The number of halogens is 8. The van der Waals surface area contributed by atoms with E-state index in [-0.39, 0.29) is 53.1 Å². The summed E-state index contributed by atoms with van der Waals surface area (Å²) in [4.78, 5) is 20.9. The summed E-state index contributed by atoms with van der Waals surface area (Å²) in [6.07, 6.45) is -6.52. The quantitative estimate of drug-likeness (QED) is 0.0697. The monoisotopic (exact) mass is 591 g/mol. The summed E-state index contributed by atoms with van der Waals surface area (Å²) in [5.74, 6) is -5.20. The van der Waals surface area contributed by atoms with Crippen LogP contribution in [0.1, 0.15) is 22.3 Å². The van der Waals surface area contributed by atoms with Gasteiger partial charge >= 0.3 is 18.0 Å². The number of carbonyl (C=O) groups is 1. The van der Waals surface area contributed by atoms with Gasteiger partial charge in [-0.2, -0.15) is 35.8 Å². The number of hydrazine groups is 1. The van der Waals surface area contributed by atoms with Gasteiger partial charge in [0, 0.05) is 29.8 Å². The molecule has 216 valence electrons. The standard InChI is InChI=1S/C20H21F8N7O3S/c1-38-34-11-3-4-14(39-17(33-29)35(30)5-2-6-36)12(8-11)16(37)32-15-13(21)7-10(9-31-15)18(22,23)19(24,25)20(26,27)28/h3-4,7-9,34,36H,2,5-6,29-30H2,1H3,(H,31,32,37)/b33-17+. The Morgan fingerprint density at radius 2 is 1.87 bits per heavy atom. The third-order valence-electron chi connectivity index (χ3n) is 4.74. The molecule has 0 bridgehead atoms. The van der Waals surface area contributed by atoms with E-state index >= 15 is 0 Å². The summed E-state index contributed by atoms with van der Waals surface area (Å²) in [6, 6.07) is 3.72. The number of pyridine rings is 1. The van der Waals surface area contributed by atoms with Crippen LogP contribution >= 0.6 is 11.8 Å². The molecule has 1 heterocycles. The van der Waals surface area contributed by atoms with Crippen LogP contribution in [-0.4, -0.2) is 58.5 Å². The maximum Gasteiger partial charge on any atom is 0.460 e. The number of nitrogens with zero attached hydrogens (tertiary/aromatic N) is 3. The first-order valence-electron chi connectivity index (χ1n) is 10.4. The van der Waals surface area contributed by atoms with Crippen molar-refractivity contribution in [1.29, 1.82) is 0 Å². The summed E-state index contributed by atoms with van der Waals surface area (Å²) >= 11 is 0.766. The van der Waals surface area contributed by atoms with E-state index in [1.54, 1.807) is 0 Å². The minimum atomic E-state index is -6.64. The summed E-state index contributed by atoms with van der Waals surface area (Å²) < 4.78 is 106. The molecular formula is C20H21F8N7O3S.